The predicted molar refractivity (Wildman–Crippen MR) is 131 cm³/mol. The molecule has 3 aromatic heterocycles. The third kappa shape index (κ3) is 4.13. The number of carbonyl (C=O) groups excluding carboxylic acids is 1. The van der Waals surface area contributed by atoms with Crippen LogP contribution in [0.2, 0.25) is 0 Å². The number of ether oxygens (including phenoxy) is 1. The number of amides is 2. The number of fused-ring (bicyclic) bond motifs is 2. The van der Waals surface area contributed by atoms with Crippen LogP contribution in [0.4, 0.5) is 16.4 Å². The zero-order valence-electron chi connectivity index (χ0n) is 20.7. The van der Waals surface area contributed by atoms with Gasteiger partial charge in [-0.05, 0) is 32.0 Å². The summed E-state index contributed by atoms with van der Waals surface area (Å²) in [4.78, 5) is 39.3. The Balaban J connectivity index is 1.52. The van der Waals surface area contributed by atoms with Gasteiger partial charge in [-0.1, -0.05) is 6.07 Å². The number of rotatable bonds is 6. The zero-order chi connectivity index (χ0) is 25.6. The topological polar surface area (TPSA) is 130 Å². The fourth-order valence-electron chi connectivity index (χ4n) is 4.29. The minimum Gasteiger partial charge on any atom is -0.465 e. The van der Waals surface area contributed by atoms with Crippen molar-refractivity contribution in [3.8, 4) is 11.5 Å². The molecule has 12 heteroatoms. The Labute approximate surface area is 208 Å². The van der Waals surface area contributed by atoms with Crippen LogP contribution in [0.3, 0.4) is 0 Å². The van der Waals surface area contributed by atoms with Crippen molar-refractivity contribution in [3.63, 3.8) is 0 Å². The standard InChI is InChI=1S/C24H28N8O4/c1-14(2)30(4)20-10-15-16(18(26-20)12-29(3)24(34)35)11-32(23(15)33)19-7-5-6-17(25-19)22-28-27-21-13-36-9-8-31(21)22/h5-7,10,14H,8-9,11-13H2,1-4H3,(H,34,35). The molecule has 0 unspecified atom stereocenters. The molecule has 12 nitrogen and oxygen atoms in total. The summed E-state index contributed by atoms with van der Waals surface area (Å²) in [6, 6.07) is 7.38. The normalized spacial score (nSPS) is 14.7. The van der Waals surface area contributed by atoms with Gasteiger partial charge in [0, 0.05) is 32.2 Å². The van der Waals surface area contributed by atoms with E-state index in [1.165, 1.54) is 7.05 Å². The van der Waals surface area contributed by atoms with Gasteiger partial charge in [0.25, 0.3) is 5.91 Å². The first-order valence-corrected chi connectivity index (χ1v) is 11.7. The molecule has 0 saturated carbocycles. The number of nitrogens with zero attached hydrogens (tertiary/aromatic N) is 8. The van der Waals surface area contributed by atoms with Gasteiger partial charge < -0.3 is 24.2 Å². The fraction of sp³-hybridized carbons (Fsp3) is 0.417. The summed E-state index contributed by atoms with van der Waals surface area (Å²) in [5.74, 6) is 2.27. The Bertz CT molecular complexity index is 1340. The number of carbonyl (C=O) groups is 2. The molecular weight excluding hydrogens is 464 g/mol. The van der Waals surface area contributed by atoms with Crippen LogP contribution in [0.25, 0.3) is 11.5 Å². The average Bonchev–Trinajstić information content (AvgIpc) is 3.45. The predicted octanol–water partition coefficient (Wildman–Crippen LogP) is 2.38. The summed E-state index contributed by atoms with van der Waals surface area (Å²) < 4.78 is 7.43. The van der Waals surface area contributed by atoms with E-state index in [1.807, 2.05) is 42.5 Å². The van der Waals surface area contributed by atoms with E-state index >= 15 is 0 Å². The van der Waals surface area contributed by atoms with E-state index in [-0.39, 0.29) is 25.0 Å². The van der Waals surface area contributed by atoms with Gasteiger partial charge in [0.15, 0.2) is 11.6 Å². The van der Waals surface area contributed by atoms with Crippen molar-refractivity contribution < 1.29 is 19.4 Å². The lowest BCUT2D eigenvalue weighted by atomic mass is 10.1. The molecule has 36 heavy (non-hydrogen) atoms. The lowest BCUT2D eigenvalue weighted by Crippen LogP contribution is -2.29. The fourth-order valence-corrected chi connectivity index (χ4v) is 4.29. The van der Waals surface area contributed by atoms with Gasteiger partial charge in [0.1, 0.15) is 23.9 Å². The minimum absolute atomic E-state index is 0.0694. The lowest BCUT2D eigenvalue weighted by molar-refractivity contribution is 0.0820. The van der Waals surface area contributed by atoms with Crippen LogP contribution in [0.15, 0.2) is 24.3 Å². The SMILES string of the molecule is CC(C)N(C)c1cc2c(c(CN(C)C(=O)O)n1)CN(c1cccc(-c3nnc4n3CCOC4)n1)C2=O. The van der Waals surface area contributed by atoms with Crippen LogP contribution in [-0.2, 0) is 31.0 Å². The van der Waals surface area contributed by atoms with Gasteiger partial charge >= 0.3 is 6.09 Å². The van der Waals surface area contributed by atoms with Crippen LogP contribution in [0.1, 0.15) is 41.3 Å². The van der Waals surface area contributed by atoms with Gasteiger partial charge in [0.05, 0.1) is 31.0 Å². The van der Waals surface area contributed by atoms with E-state index in [4.69, 9.17) is 14.7 Å². The molecule has 188 valence electrons. The van der Waals surface area contributed by atoms with E-state index in [0.717, 1.165) is 10.7 Å². The van der Waals surface area contributed by atoms with E-state index in [0.29, 0.717) is 59.7 Å². The molecule has 0 fully saturated rings. The maximum Gasteiger partial charge on any atom is 0.407 e. The molecule has 0 radical (unpaired) electrons. The van der Waals surface area contributed by atoms with Crippen LogP contribution in [0.5, 0.6) is 0 Å². The van der Waals surface area contributed by atoms with E-state index < -0.39 is 6.09 Å². The Hall–Kier alpha value is -4.06. The second kappa shape index (κ2) is 9.19. The van der Waals surface area contributed by atoms with Crippen LogP contribution in [0, 0.1) is 0 Å². The molecule has 2 aliphatic heterocycles. The quantitative estimate of drug-likeness (QED) is 0.551. The van der Waals surface area contributed by atoms with Gasteiger partial charge in [-0.3, -0.25) is 9.69 Å². The monoisotopic (exact) mass is 492 g/mol. The maximum absolute atomic E-state index is 13.6. The van der Waals surface area contributed by atoms with Crippen molar-refractivity contribution in [2.45, 2.75) is 46.1 Å². The third-order valence-corrected chi connectivity index (χ3v) is 6.60. The molecular formula is C24H28N8O4. The molecule has 0 aromatic carbocycles. The van der Waals surface area contributed by atoms with Crippen molar-refractivity contribution >= 4 is 23.6 Å². The number of aromatic nitrogens is 5. The largest absolute Gasteiger partial charge is 0.465 e. The van der Waals surface area contributed by atoms with Crippen molar-refractivity contribution in [2.75, 3.05) is 30.5 Å². The molecule has 0 saturated heterocycles. The first-order valence-electron chi connectivity index (χ1n) is 11.7. The molecule has 5 rings (SSSR count). The van der Waals surface area contributed by atoms with Crippen LogP contribution < -0.4 is 9.80 Å². The van der Waals surface area contributed by atoms with Gasteiger partial charge in [-0.25, -0.2) is 14.8 Å². The number of carboxylic acid groups (broad SMARTS) is 1. The highest BCUT2D eigenvalue weighted by Gasteiger charge is 2.34. The number of hydrogen-bond donors (Lipinski definition) is 1. The van der Waals surface area contributed by atoms with Crippen molar-refractivity contribution in [1.29, 1.82) is 0 Å². The highest BCUT2D eigenvalue weighted by atomic mass is 16.5. The molecule has 5 heterocycles. The minimum atomic E-state index is -1.06. The summed E-state index contributed by atoms with van der Waals surface area (Å²) in [5.41, 5.74) is 2.38. The number of anilines is 2. The number of pyridine rings is 2. The summed E-state index contributed by atoms with van der Waals surface area (Å²) in [5, 5.41) is 17.9. The van der Waals surface area contributed by atoms with Crippen molar-refractivity contribution in [3.05, 3.63) is 46.9 Å². The van der Waals surface area contributed by atoms with Gasteiger partial charge in [-0.2, -0.15) is 0 Å². The summed E-state index contributed by atoms with van der Waals surface area (Å²) >= 11 is 0. The second-order valence-electron chi connectivity index (χ2n) is 9.21. The molecule has 2 amide bonds. The van der Waals surface area contributed by atoms with Crippen LogP contribution in [-0.4, -0.2) is 73.5 Å². The Morgan fingerprint density at radius 3 is 2.78 bits per heavy atom. The molecule has 3 aromatic rings. The average molecular weight is 493 g/mol. The van der Waals surface area contributed by atoms with Gasteiger partial charge in [0.2, 0.25) is 0 Å². The molecule has 0 aliphatic carbocycles. The lowest BCUT2D eigenvalue weighted by Gasteiger charge is -2.24. The van der Waals surface area contributed by atoms with Gasteiger partial charge in [-0.15, -0.1) is 10.2 Å². The maximum atomic E-state index is 13.6. The molecule has 1 N–H and O–H groups in total. The smallest absolute Gasteiger partial charge is 0.407 e. The van der Waals surface area contributed by atoms with Crippen LogP contribution >= 0.6 is 0 Å². The Morgan fingerprint density at radius 2 is 2.03 bits per heavy atom. The van der Waals surface area contributed by atoms with Crippen molar-refractivity contribution in [2.24, 2.45) is 0 Å². The number of hydrogen-bond acceptors (Lipinski definition) is 8. The summed E-state index contributed by atoms with van der Waals surface area (Å²) in [6.07, 6.45) is -1.06. The highest BCUT2D eigenvalue weighted by molar-refractivity contribution is 6.10. The first-order chi connectivity index (χ1) is 17.2. The van der Waals surface area contributed by atoms with E-state index in [9.17, 15) is 14.7 Å². The molecule has 0 atom stereocenters. The summed E-state index contributed by atoms with van der Waals surface area (Å²) in [7, 11) is 3.38. The summed E-state index contributed by atoms with van der Waals surface area (Å²) in [6.45, 7) is 5.98. The highest BCUT2D eigenvalue weighted by Crippen LogP contribution is 2.33. The zero-order valence-corrected chi connectivity index (χ0v) is 20.7. The molecule has 0 bridgehead atoms. The molecule has 0 spiro atoms. The second-order valence-corrected chi connectivity index (χ2v) is 9.21. The van der Waals surface area contributed by atoms with Crippen molar-refractivity contribution in [1.82, 2.24) is 29.6 Å². The Morgan fingerprint density at radius 1 is 1.22 bits per heavy atom. The van der Waals surface area contributed by atoms with E-state index in [1.54, 1.807) is 17.0 Å². The first kappa shape index (κ1) is 23.7. The third-order valence-electron chi connectivity index (χ3n) is 6.60. The molecule has 2 aliphatic rings. The Kier molecular flexibility index (Phi) is 6.04. The van der Waals surface area contributed by atoms with E-state index in [2.05, 4.69) is 10.2 Å².